The number of aryl methyl sites for hydroxylation is 1. The van der Waals surface area contributed by atoms with E-state index in [4.69, 9.17) is 12.2 Å². The molecular formula is C18H19N5O5S2. The first-order chi connectivity index (χ1) is 14.3. The Morgan fingerprint density at radius 2 is 2.03 bits per heavy atom. The molecule has 1 saturated heterocycles. The fraction of sp³-hybridized carbons (Fsp3) is 0.333. The maximum absolute atomic E-state index is 12.5. The summed E-state index contributed by atoms with van der Waals surface area (Å²) in [6.07, 6.45) is 1.96. The average Bonchev–Trinajstić information content (AvgIpc) is 3.36. The van der Waals surface area contributed by atoms with Crippen molar-refractivity contribution in [2.75, 3.05) is 30.4 Å². The van der Waals surface area contributed by atoms with Gasteiger partial charge in [-0.2, -0.15) is 0 Å². The zero-order valence-electron chi connectivity index (χ0n) is 16.3. The number of nitrogens with zero attached hydrogens (tertiary/aromatic N) is 3. The fourth-order valence-electron chi connectivity index (χ4n) is 3.07. The predicted octanol–water partition coefficient (Wildman–Crippen LogP) is 2.87. The molecule has 0 aliphatic carbocycles. The van der Waals surface area contributed by atoms with E-state index in [1.807, 2.05) is 4.90 Å². The molecule has 3 rings (SSSR count). The number of aromatic nitrogens is 1. The molecule has 12 heteroatoms. The van der Waals surface area contributed by atoms with Gasteiger partial charge in [0.05, 0.1) is 17.7 Å². The number of anilines is 2. The molecule has 30 heavy (non-hydrogen) atoms. The Morgan fingerprint density at radius 3 is 2.67 bits per heavy atom. The number of nitro groups is 1. The molecule has 2 heterocycles. The third kappa shape index (κ3) is 4.71. The highest BCUT2D eigenvalue weighted by atomic mass is 32.1. The summed E-state index contributed by atoms with van der Waals surface area (Å²) in [5, 5.41) is 17.0. The zero-order chi connectivity index (χ0) is 21.8. The molecule has 0 unspecified atom stereocenters. The maximum atomic E-state index is 12.5. The summed E-state index contributed by atoms with van der Waals surface area (Å²) in [5.74, 6) is -1.11. The molecule has 2 aromatic rings. The van der Waals surface area contributed by atoms with E-state index in [0.29, 0.717) is 21.4 Å². The lowest BCUT2D eigenvalue weighted by atomic mass is 10.1. The van der Waals surface area contributed by atoms with E-state index in [2.05, 4.69) is 20.4 Å². The number of thiazole rings is 1. The van der Waals surface area contributed by atoms with Crippen molar-refractivity contribution in [3.63, 3.8) is 0 Å². The number of esters is 1. The van der Waals surface area contributed by atoms with Gasteiger partial charge in [0.2, 0.25) is 0 Å². The van der Waals surface area contributed by atoms with Gasteiger partial charge in [0.25, 0.3) is 11.6 Å². The Balaban J connectivity index is 1.71. The lowest BCUT2D eigenvalue weighted by molar-refractivity contribution is -0.384. The van der Waals surface area contributed by atoms with Crippen LogP contribution in [-0.2, 0) is 4.74 Å². The summed E-state index contributed by atoms with van der Waals surface area (Å²) in [6.45, 7) is 3.15. The first-order valence-electron chi connectivity index (χ1n) is 9.01. The molecule has 2 N–H and O–H groups in total. The maximum Gasteiger partial charge on any atom is 0.350 e. The van der Waals surface area contributed by atoms with Crippen LogP contribution in [-0.4, -0.2) is 47.1 Å². The van der Waals surface area contributed by atoms with Gasteiger partial charge in [0.15, 0.2) is 10.2 Å². The average molecular weight is 450 g/mol. The second-order valence-corrected chi connectivity index (χ2v) is 7.90. The van der Waals surface area contributed by atoms with Crippen LogP contribution in [0.4, 0.5) is 16.5 Å². The van der Waals surface area contributed by atoms with Crippen molar-refractivity contribution in [2.24, 2.45) is 0 Å². The number of benzene rings is 1. The minimum absolute atomic E-state index is 0.0450. The summed E-state index contributed by atoms with van der Waals surface area (Å²) in [5.41, 5.74) is 0.959. The molecule has 0 spiro atoms. The van der Waals surface area contributed by atoms with E-state index >= 15 is 0 Å². The number of carbonyl (C=O) groups is 2. The van der Waals surface area contributed by atoms with Gasteiger partial charge in [-0.15, -0.1) is 0 Å². The molecule has 0 radical (unpaired) electrons. The Labute approximate surface area is 181 Å². The number of hydrogen-bond acceptors (Lipinski definition) is 9. The van der Waals surface area contributed by atoms with E-state index in [-0.39, 0.29) is 16.4 Å². The van der Waals surface area contributed by atoms with Gasteiger partial charge in [-0.3, -0.25) is 20.2 Å². The highest BCUT2D eigenvalue weighted by Crippen LogP contribution is 2.31. The number of rotatable bonds is 5. The highest BCUT2D eigenvalue weighted by Gasteiger charge is 2.24. The number of carbonyl (C=O) groups excluding carboxylic acids is 2. The second kappa shape index (κ2) is 9.13. The third-order valence-electron chi connectivity index (χ3n) is 4.50. The van der Waals surface area contributed by atoms with Crippen LogP contribution in [0.5, 0.6) is 0 Å². The molecule has 1 aliphatic heterocycles. The largest absolute Gasteiger partial charge is 0.465 e. The van der Waals surface area contributed by atoms with Crippen molar-refractivity contribution in [1.82, 2.24) is 10.3 Å². The minimum Gasteiger partial charge on any atom is -0.465 e. The van der Waals surface area contributed by atoms with Crippen molar-refractivity contribution in [3.05, 3.63) is 44.4 Å². The molecular weight excluding hydrogens is 430 g/mol. The number of thiocarbonyl (C=S) groups is 1. The normalized spacial score (nSPS) is 13.1. The van der Waals surface area contributed by atoms with Crippen molar-refractivity contribution in [2.45, 2.75) is 19.8 Å². The lowest BCUT2D eigenvalue weighted by Gasteiger charge is -2.17. The molecule has 10 nitrogen and oxygen atoms in total. The summed E-state index contributed by atoms with van der Waals surface area (Å²) in [6, 6.07) is 4.36. The molecule has 1 aliphatic rings. The quantitative estimate of drug-likeness (QED) is 0.306. The van der Waals surface area contributed by atoms with Crippen LogP contribution in [0.1, 0.15) is 38.6 Å². The monoisotopic (exact) mass is 449 g/mol. The van der Waals surface area contributed by atoms with Crippen LogP contribution < -0.4 is 15.5 Å². The van der Waals surface area contributed by atoms with E-state index in [9.17, 15) is 19.7 Å². The zero-order valence-corrected chi connectivity index (χ0v) is 17.9. The van der Waals surface area contributed by atoms with Gasteiger partial charge in [0.1, 0.15) is 10.6 Å². The van der Waals surface area contributed by atoms with E-state index in [0.717, 1.165) is 37.3 Å². The van der Waals surface area contributed by atoms with Gasteiger partial charge < -0.3 is 15.0 Å². The number of ether oxygens (including phenoxy) is 1. The van der Waals surface area contributed by atoms with Crippen molar-refractivity contribution in [3.8, 4) is 0 Å². The second-order valence-electron chi connectivity index (χ2n) is 6.49. The van der Waals surface area contributed by atoms with Gasteiger partial charge in [-0.05, 0) is 44.1 Å². The van der Waals surface area contributed by atoms with Gasteiger partial charge in [-0.1, -0.05) is 11.3 Å². The Kier molecular flexibility index (Phi) is 6.57. The van der Waals surface area contributed by atoms with E-state index in [1.165, 1.54) is 19.2 Å². The number of methoxy groups -OCH3 is 1. The Bertz CT molecular complexity index is 1020. The van der Waals surface area contributed by atoms with Crippen LogP contribution >= 0.6 is 23.6 Å². The summed E-state index contributed by atoms with van der Waals surface area (Å²) in [7, 11) is 1.27. The van der Waals surface area contributed by atoms with Gasteiger partial charge in [0, 0.05) is 24.7 Å². The number of hydrogen-bond donors (Lipinski definition) is 2. The summed E-state index contributed by atoms with van der Waals surface area (Å²) < 4.78 is 4.68. The Hall–Kier alpha value is -3.12. The fourth-order valence-corrected chi connectivity index (χ4v) is 4.21. The van der Waals surface area contributed by atoms with Crippen LogP contribution in [0.25, 0.3) is 0 Å². The topological polar surface area (TPSA) is 127 Å². The minimum atomic E-state index is -0.593. The van der Waals surface area contributed by atoms with Crippen LogP contribution in [0.2, 0.25) is 0 Å². The standard InChI is InChI=1S/C18H19N5O5S2/c1-10-14(16(25)28-2)30-18(19-10)21-17(29)20-15(24)11-5-6-12(13(9-11)23(26)27)22-7-3-4-8-22/h5-6,9H,3-4,7-8H2,1-2H3,(H2,19,20,21,24,29). The summed E-state index contributed by atoms with van der Waals surface area (Å²) in [4.78, 5) is 41.6. The molecule has 0 bridgehead atoms. The highest BCUT2D eigenvalue weighted by molar-refractivity contribution is 7.80. The van der Waals surface area contributed by atoms with Gasteiger partial charge >= 0.3 is 5.97 Å². The van der Waals surface area contributed by atoms with Crippen molar-refractivity contribution in [1.29, 1.82) is 0 Å². The first kappa shape index (κ1) is 21.6. The molecule has 0 saturated carbocycles. The summed E-state index contributed by atoms with van der Waals surface area (Å²) >= 11 is 6.16. The first-order valence-corrected chi connectivity index (χ1v) is 10.2. The molecule has 1 amide bonds. The van der Waals surface area contributed by atoms with E-state index < -0.39 is 16.8 Å². The number of nitrogens with one attached hydrogen (secondary N) is 2. The van der Waals surface area contributed by atoms with Crippen LogP contribution in [0, 0.1) is 17.0 Å². The lowest BCUT2D eigenvalue weighted by Crippen LogP contribution is -2.34. The number of nitro benzene ring substituents is 1. The molecule has 1 aromatic heterocycles. The predicted molar refractivity (Wildman–Crippen MR) is 116 cm³/mol. The SMILES string of the molecule is COC(=O)c1sc(NC(=S)NC(=O)c2ccc(N3CCCC3)c([N+](=O)[O-])c2)nc1C. The molecule has 1 fully saturated rings. The van der Waals surface area contributed by atoms with Gasteiger partial charge in [-0.25, -0.2) is 9.78 Å². The van der Waals surface area contributed by atoms with Crippen molar-refractivity contribution >= 4 is 57.0 Å². The smallest absolute Gasteiger partial charge is 0.350 e. The van der Waals surface area contributed by atoms with Crippen LogP contribution in [0.15, 0.2) is 18.2 Å². The Morgan fingerprint density at radius 1 is 1.33 bits per heavy atom. The van der Waals surface area contributed by atoms with Crippen molar-refractivity contribution < 1.29 is 19.2 Å². The third-order valence-corrected chi connectivity index (χ3v) is 5.75. The molecule has 0 atom stereocenters. The number of amides is 1. The molecule has 158 valence electrons. The van der Waals surface area contributed by atoms with Crippen LogP contribution in [0.3, 0.4) is 0 Å². The molecule has 1 aromatic carbocycles. The van der Waals surface area contributed by atoms with E-state index in [1.54, 1.807) is 13.0 Å².